The van der Waals surface area contributed by atoms with Crippen LogP contribution in [0, 0.1) is 5.82 Å². The number of aromatic carboxylic acids is 1. The fraction of sp³-hybridized carbons (Fsp3) is 0.333. The molecule has 3 aromatic rings. The molecule has 0 fully saturated rings. The van der Waals surface area contributed by atoms with Gasteiger partial charge in [-0.1, -0.05) is 23.7 Å². The van der Waals surface area contributed by atoms with E-state index in [1.54, 1.807) is 22.8 Å². The predicted molar refractivity (Wildman–Crippen MR) is 130 cm³/mol. The van der Waals surface area contributed by atoms with Crippen molar-refractivity contribution in [3.63, 3.8) is 0 Å². The molecule has 0 saturated heterocycles. The van der Waals surface area contributed by atoms with Gasteiger partial charge >= 0.3 is 5.97 Å². The van der Waals surface area contributed by atoms with E-state index < -0.39 is 33.6 Å². The average Bonchev–Trinajstić information content (AvgIpc) is 2.78. The monoisotopic (exact) mass is 493 g/mol. The first kappa shape index (κ1) is 25.1. The Morgan fingerprint density at radius 1 is 1.30 bits per heavy atom. The third-order valence-electron chi connectivity index (χ3n) is 5.91. The van der Waals surface area contributed by atoms with E-state index in [-0.39, 0.29) is 23.4 Å². The Morgan fingerprint density at radius 3 is 2.58 bits per heavy atom. The lowest BCUT2D eigenvalue weighted by atomic mass is 9.98. The normalized spacial score (nSPS) is 12.7. The molecule has 1 unspecified atom stereocenters. The minimum atomic E-state index is -1.37. The summed E-state index contributed by atoms with van der Waals surface area (Å²) in [4.78, 5) is 24.9. The number of nitrogens with zero attached hydrogens (tertiary/aromatic N) is 1. The summed E-state index contributed by atoms with van der Waals surface area (Å²) in [7, 11) is 1.46. The van der Waals surface area contributed by atoms with Crippen LogP contribution < -0.4 is 10.2 Å². The fourth-order valence-electron chi connectivity index (χ4n) is 3.83. The maximum Gasteiger partial charge on any atom is 0.341 e. The van der Waals surface area contributed by atoms with Gasteiger partial charge in [0.25, 0.3) is 0 Å². The molecule has 6 nitrogen and oxygen atoms in total. The number of ether oxygens (including phenoxy) is 1. The summed E-state index contributed by atoms with van der Waals surface area (Å²) in [6.45, 7) is 3.58. The van der Waals surface area contributed by atoms with E-state index in [2.05, 4.69) is 0 Å². The molecule has 2 aromatic carbocycles. The van der Waals surface area contributed by atoms with Crippen LogP contribution in [0.3, 0.4) is 0 Å². The Bertz CT molecular complexity index is 1270. The molecule has 0 spiro atoms. The Hall–Kier alpha value is -2.55. The summed E-state index contributed by atoms with van der Waals surface area (Å²) >= 11 is 7.41. The minimum absolute atomic E-state index is 0.0205. The van der Waals surface area contributed by atoms with Gasteiger partial charge in [0.2, 0.25) is 5.43 Å². The van der Waals surface area contributed by atoms with Gasteiger partial charge < -0.3 is 19.5 Å². The number of carboxylic acids is 1. The molecule has 0 amide bonds. The average molecular weight is 494 g/mol. The summed E-state index contributed by atoms with van der Waals surface area (Å²) < 4.78 is 21.2. The molecule has 1 heterocycles. The fourth-order valence-corrected chi connectivity index (χ4v) is 4.48. The molecule has 0 radical (unpaired) electrons. The quantitative estimate of drug-likeness (QED) is 0.470. The highest BCUT2D eigenvalue weighted by Crippen LogP contribution is 2.37. The topological polar surface area (TPSA) is 88.8 Å². The lowest BCUT2D eigenvalue weighted by Gasteiger charge is -2.34. The summed E-state index contributed by atoms with van der Waals surface area (Å²) in [6.07, 6.45) is 3.24. The number of hydrogen-bond acceptors (Lipinski definition) is 5. The van der Waals surface area contributed by atoms with Crippen molar-refractivity contribution in [1.29, 1.82) is 0 Å². The first-order valence-electron chi connectivity index (χ1n) is 10.1. The molecular weight excluding hydrogens is 469 g/mol. The molecular formula is C24H25ClFNO5S. The first-order valence-corrected chi connectivity index (χ1v) is 11.7. The van der Waals surface area contributed by atoms with Crippen LogP contribution in [0.4, 0.5) is 4.39 Å². The van der Waals surface area contributed by atoms with Gasteiger partial charge in [0.05, 0.1) is 30.3 Å². The number of aliphatic hydroxyl groups excluding tert-OH is 1. The lowest BCUT2D eigenvalue weighted by Crippen LogP contribution is -2.34. The number of methoxy groups -OCH3 is 1. The Labute approximate surface area is 200 Å². The van der Waals surface area contributed by atoms with Gasteiger partial charge in [-0.25, -0.2) is 9.18 Å². The van der Waals surface area contributed by atoms with Crippen LogP contribution in [0.15, 0.2) is 41.3 Å². The van der Waals surface area contributed by atoms with E-state index in [1.165, 1.54) is 37.2 Å². The molecule has 0 aliphatic carbocycles. The zero-order chi connectivity index (χ0) is 24.5. The van der Waals surface area contributed by atoms with Gasteiger partial charge in [-0.05, 0) is 43.4 Å². The molecule has 0 aliphatic rings. The SMILES string of the molecule is COc1cc2c(cc1Cc1cccc(Cl)c1F)c(=O)c(C(=O)O)cn2C(CO)C(C)(C)SC. The third-order valence-corrected chi connectivity index (χ3v) is 7.53. The maximum absolute atomic E-state index is 14.5. The van der Waals surface area contributed by atoms with E-state index in [9.17, 15) is 24.2 Å². The zero-order valence-corrected chi connectivity index (χ0v) is 20.3. The largest absolute Gasteiger partial charge is 0.496 e. The van der Waals surface area contributed by atoms with Crippen molar-refractivity contribution in [2.75, 3.05) is 20.0 Å². The molecule has 1 aromatic heterocycles. The van der Waals surface area contributed by atoms with Crippen molar-refractivity contribution < 1.29 is 24.1 Å². The van der Waals surface area contributed by atoms with E-state index >= 15 is 0 Å². The van der Waals surface area contributed by atoms with Crippen LogP contribution >= 0.6 is 23.4 Å². The number of fused-ring (bicyclic) bond motifs is 1. The molecule has 0 aliphatic heterocycles. The number of halogens is 2. The second kappa shape index (κ2) is 9.75. The number of benzene rings is 2. The van der Waals surface area contributed by atoms with Crippen molar-refractivity contribution >= 4 is 40.2 Å². The minimum Gasteiger partial charge on any atom is -0.496 e. The highest BCUT2D eigenvalue weighted by molar-refractivity contribution is 7.99. The summed E-state index contributed by atoms with van der Waals surface area (Å²) in [5.41, 5.74) is 0.151. The van der Waals surface area contributed by atoms with Gasteiger partial charge in [-0.15, -0.1) is 0 Å². The molecule has 2 N–H and O–H groups in total. The second-order valence-electron chi connectivity index (χ2n) is 8.16. The predicted octanol–water partition coefficient (Wildman–Crippen LogP) is 4.77. The van der Waals surface area contributed by atoms with E-state index in [0.717, 1.165) is 0 Å². The third kappa shape index (κ3) is 4.74. The molecule has 33 heavy (non-hydrogen) atoms. The van der Waals surface area contributed by atoms with Crippen LogP contribution in [-0.2, 0) is 6.42 Å². The van der Waals surface area contributed by atoms with Gasteiger partial charge in [0, 0.05) is 28.8 Å². The number of carboxylic acid groups (broad SMARTS) is 1. The number of thioether (sulfide) groups is 1. The highest BCUT2D eigenvalue weighted by atomic mass is 35.5. The molecule has 3 rings (SSSR count). The van der Waals surface area contributed by atoms with Crippen LogP contribution in [0.25, 0.3) is 10.9 Å². The van der Waals surface area contributed by atoms with Crippen LogP contribution in [0.5, 0.6) is 5.75 Å². The van der Waals surface area contributed by atoms with Crippen LogP contribution in [0.2, 0.25) is 5.02 Å². The zero-order valence-electron chi connectivity index (χ0n) is 18.7. The van der Waals surface area contributed by atoms with Crippen LogP contribution in [-0.4, -0.2) is 45.5 Å². The number of rotatable bonds is 8. The second-order valence-corrected chi connectivity index (χ2v) is 10.0. The molecule has 176 valence electrons. The number of hydrogen-bond donors (Lipinski definition) is 2. The van der Waals surface area contributed by atoms with E-state index in [1.807, 2.05) is 20.1 Å². The van der Waals surface area contributed by atoms with E-state index in [4.69, 9.17) is 16.3 Å². The van der Waals surface area contributed by atoms with Crippen molar-refractivity contribution in [2.45, 2.75) is 31.1 Å². The van der Waals surface area contributed by atoms with Gasteiger partial charge in [0.15, 0.2) is 0 Å². The van der Waals surface area contributed by atoms with Crippen molar-refractivity contribution in [3.05, 3.63) is 74.3 Å². The van der Waals surface area contributed by atoms with Crippen LogP contribution in [0.1, 0.15) is 41.4 Å². The van der Waals surface area contributed by atoms with Crippen molar-refractivity contribution in [3.8, 4) is 5.75 Å². The maximum atomic E-state index is 14.5. The smallest absolute Gasteiger partial charge is 0.341 e. The number of carbonyl (C=O) groups is 1. The molecule has 9 heteroatoms. The van der Waals surface area contributed by atoms with Gasteiger partial charge in [-0.3, -0.25) is 4.79 Å². The molecule has 1 atom stereocenters. The number of aromatic nitrogens is 1. The molecule has 0 saturated carbocycles. The Morgan fingerprint density at radius 2 is 2.00 bits per heavy atom. The van der Waals surface area contributed by atoms with E-state index in [0.29, 0.717) is 22.4 Å². The summed E-state index contributed by atoms with van der Waals surface area (Å²) in [5.74, 6) is -1.54. The first-order chi connectivity index (χ1) is 15.5. The molecule has 0 bridgehead atoms. The van der Waals surface area contributed by atoms with Crippen molar-refractivity contribution in [2.24, 2.45) is 0 Å². The Balaban J connectivity index is 2.35. The lowest BCUT2D eigenvalue weighted by molar-refractivity contribution is 0.0694. The van der Waals surface area contributed by atoms with Gasteiger partial charge in [0.1, 0.15) is 17.1 Å². The standard InChI is InChI=1S/C24H25ClFNO5S/c1-24(2,33-4)20(12-28)27-11-16(23(30)31)22(29)15-9-14(19(32-3)10-18(15)27)8-13-6-5-7-17(25)21(13)26/h5-7,9-11,20,28H,8,12H2,1-4H3,(H,30,31). The van der Waals surface area contributed by atoms with Crippen molar-refractivity contribution in [1.82, 2.24) is 4.57 Å². The Kier molecular flexibility index (Phi) is 7.41. The number of pyridine rings is 1. The number of aliphatic hydroxyl groups is 1. The highest BCUT2D eigenvalue weighted by Gasteiger charge is 2.32. The summed E-state index contributed by atoms with van der Waals surface area (Å²) in [5, 5.41) is 20.0. The summed E-state index contributed by atoms with van der Waals surface area (Å²) in [6, 6.07) is 7.27. The van der Waals surface area contributed by atoms with Gasteiger partial charge in [-0.2, -0.15) is 11.8 Å².